The van der Waals surface area contributed by atoms with Crippen molar-refractivity contribution < 1.29 is 28.8 Å². The van der Waals surface area contributed by atoms with E-state index in [4.69, 9.17) is 4.74 Å². The summed E-state index contributed by atoms with van der Waals surface area (Å²) in [5.41, 5.74) is -0.222. The second-order valence-corrected chi connectivity index (χ2v) is 9.77. The van der Waals surface area contributed by atoms with Crippen molar-refractivity contribution in [3.05, 3.63) is 39.9 Å². The number of carbonyl (C=O) groups is 4. The SMILES string of the molecule is O=C(CN1C(=O)[C@@H]2[C@H]3C[C@@H]([C@@H](Br)[C@H]3Br)[C@H]2C1=O)OCC(=O)c1cccc([N+](=O)[O-])c1. The maximum Gasteiger partial charge on any atom is 0.326 e. The van der Waals surface area contributed by atoms with E-state index in [0.29, 0.717) is 0 Å². The van der Waals surface area contributed by atoms with Gasteiger partial charge in [0, 0.05) is 27.4 Å². The Morgan fingerprint density at radius 1 is 1.13 bits per heavy atom. The van der Waals surface area contributed by atoms with Gasteiger partial charge in [0.25, 0.3) is 5.69 Å². The topological polar surface area (TPSA) is 124 Å². The number of hydrogen-bond donors (Lipinski definition) is 0. The average molecular weight is 544 g/mol. The number of rotatable bonds is 6. The highest BCUT2D eigenvalue weighted by Gasteiger charge is 2.66. The van der Waals surface area contributed by atoms with Gasteiger partial charge in [-0.05, 0) is 18.3 Å². The van der Waals surface area contributed by atoms with E-state index in [9.17, 15) is 29.3 Å². The second kappa shape index (κ2) is 7.84. The van der Waals surface area contributed by atoms with Crippen LogP contribution < -0.4 is 0 Å². The number of benzene rings is 1. The summed E-state index contributed by atoms with van der Waals surface area (Å²) in [5, 5.41) is 10.8. The van der Waals surface area contributed by atoms with Gasteiger partial charge in [-0.3, -0.25) is 34.2 Å². The highest BCUT2D eigenvalue weighted by Crippen LogP contribution is 2.60. The first-order valence-electron chi connectivity index (χ1n) is 9.27. The van der Waals surface area contributed by atoms with Crippen LogP contribution in [0.4, 0.5) is 5.69 Å². The number of nitro groups is 1. The summed E-state index contributed by atoms with van der Waals surface area (Å²) in [7, 11) is 0. The molecule has 1 heterocycles. The maximum absolute atomic E-state index is 12.8. The Morgan fingerprint density at radius 3 is 2.30 bits per heavy atom. The van der Waals surface area contributed by atoms with Crippen LogP contribution >= 0.6 is 31.9 Å². The molecule has 1 aromatic rings. The maximum atomic E-state index is 12.8. The largest absolute Gasteiger partial charge is 0.456 e. The van der Waals surface area contributed by atoms with E-state index in [1.807, 2.05) is 0 Å². The molecule has 3 aliphatic rings. The molecule has 158 valence electrons. The zero-order chi connectivity index (χ0) is 21.7. The lowest BCUT2D eigenvalue weighted by atomic mass is 9.81. The molecule has 0 radical (unpaired) electrons. The number of alkyl halides is 2. The van der Waals surface area contributed by atoms with Crippen LogP contribution in [0.15, 0.2) is 24.3 Å². The van der Waals surface area contributed by atoms with Crippen molar-refractivity contribution in [2.75, 3.05) is 13.2 Å². The minimum absolute atomic E-state index is 0.0307. The number of nitro benzene ring substituents is 1. The third-order valence-corrected chi connectivity index (χ3v) is 9.32. The van der Waals surface area contributed by atoms with Crippen LogP contribution in [0.1, 0.15) is 16.8 Å². The number of fused-ring (bicyclic) bond motifs is 5. The molecule has 2 amide bonds. The Labute approximate surface area is 187 Å². The monoisotopic (exact) mass is 542 g/mol. The molecular weight excluding hydrogens is 528 g/mol. The third kappa shape index (κ3) is 3.37. The van der Waals surface area contributed by atoms with E-state index in [-0.39, 0.29) is 44.6 Å². The molecular formula is C19H16Br2N2O7. The Kier molecular flexibility index (Phi) is 5.52. The van der Waals surface area contributed by atoms with Crippen molar-refractivity contribution in [2.45, 2.75) is 16.1 Å². The van der Waals surface area contributed by atoms with Gasteiger partial charge in [0.1, 0.15) is 6.54 Å². The number of hydrogen-bond acceptors (Lipinski definition) is 7. The Morgan fingerprint density at radius 2 is 1.73 bits per heavy atom. The van der Waals surface area contributed by atoms with Gasteiger partial charge >= 0.3 is 5.97 Å². The number of ether oxygens (including phenoxy) is 1. The summed E-state index contributed by atoms with van der Waals surface area (Å²) < 4.78 is 4.93. The molecule has 0 unspecified atom stereocenters. The molecule has 1 aromatic carbocycles. The summed E-state index contributed by atoms with van der Waals surface area (Å²) in [6, 6.07) is 5.07. The quantitative estimate of drug-likeness (QED) is 0.134. The van der Waals surface area contributed by atoms with E-state index < -0.39 is 41.7 Å². The normalized spacial score (nSPS) is 31.7. The van der Waals surface area contributed by atoms with Crippen LogP contribution in [0.2, 0.25) is 0 Å². The van der Waals surface area contributed by atoms with E-state index in [1.54, 1.807) is 0 Å². The number of likely N-dealkylation sites (tertiary alicyclic amines) is 1. The van der Waals surface area contributed by atoms with Crippen molar-refractivity contribution in [3.63, 3.8) is 0 Å². The van der Waals surface area contributed by atoms with E-state index in [2.05, 4.69) is 31.9 Å². The van der Waals surface area contributed by atoms with Crippen molar-refractivity contribution >= 4 is 61.1 Å². The van der Waals surface area contributed by atoms with Crippen molar-refractivity contribution in [3.8, 4) is 0 Å². The summed E-state index contributed by atoms with van der Waals surface area (Å²) in [5.74, 6) is -3.03. The van der Waals surface area contributed by atoms with Crippen LogP contribution in [0.25, 0.3) is 0 Å². The van der Waals surface area contributed by atoms with Crippen molar-refractivity contribution in [1.29, 1.82) is 0 Å². The Bertz CT molecular complexity index is 936. The fourth-order valence-electron chi connectivity index (χ4n) is 4.76. The Hall–Kier alpha value is -2.14. The van der Waals surface area contributed by atoms with Gasteiger partial charge in [0.15, 0.2) is 6.61 Å². The molecule has 30 heavy (non-hydrogen) atoms. The standard InChI is InChI=1S/C19H16Br2N2O7/c20-16-10-5-11(17(16)21)15-14(10)18(26)22(19(15)27)6-13(25)30-7-12(24)8-2-1-3-9(4-8)23(28)29/h1-4,10-11,14-17H,5-7H2/t10-,11-,14-,15-,16-,17+/m1/s1. The smallest absolute Gasteiger partial charge is 0.326 e. The summed E-state index contributed by atoms with van der Waals surface area (Å²) >= 11 is 7.18. The van der Waals surface area contributed by atoms with E-state index >= 15 is 0 Å². The molecule has 2 bridgehead atoms. The average Bonchev–Trinajstić information content (AvgIpc) is 3.33. The lowest BCUT2D eigenvalue weighted by Crippen LogP contribution is -2.38. The zero-order valence-corrected chi connectivity index (χ0v) is 18.6. The summed E-state index contributed by atoms with van der Waals surface area (Å²) in [6.45, 7) is -1.19. The summed E-state index contributed by atoms with van der Waals surface area (Å²) in [4.78, 5) is 61.2. The highest BCUT2D eigenvalue weighted by atomic mass is 79.9. The molecule has 1 aliphatic heterocycles. The molecule has 9 nitrogen and oxygen atoms in total. The number of nitrogens with zero attached hydrogens (tertiary/aromatic N) is 2. The number of imide groups is 1. The van der Waals surface area contributed by atoms with Crippen LogP contribution in [0.3, 0.4) is 0 Å². The second-order valence-electron chi connectivity index (χ2n) is 7.66. The molecule has 0 spiro atoms. The first-order chi connectivity index (χ1) is 14.2. The molecule has 0 aromatic heterocycles. The minimum atomic E-state index is -0.881. The number of amides is 2. The molecule has 2 aliphatic carbocycles. The number of esters is 1. The van der Waals surface area contributed by atoms with Gasteiger partial charge in [-0.15, -0.1) is 0 Å². The van der Waals surface area contributed by atoms with Crippen molar-refractivity contribution in [1.82, 2.24) is 4.90 Å². The van der Waals surface area contributed by atoms with Gasteiger partial charge in [0.2, 0.25) is 17.6 Å². The van der Waals surface area contributed by atoms with Gasteiger partial charge in [-0.2, -0.15) is 0 Å². The minimum Gasteiger partial charge on any atom is -0.456 e. The zero-order valence-electron chi connectivity index (χ0n) is 15.4. The predicted molar refractivity (Wildman–Crippen MR) is 109 cm³/mol. The lowest BCUT2D eigenvalue weighted by molar-refractivity contribution is -0.384. The number of Topliss-reactive ketones (excluding diaryl/α,β-unsaturated/α-hetero) is 1. The molecule has 4 rings (SSSR count). The number of halogens is 2. The van der Waals surface area contributed by atoms with Gasteiger partial charge in [-0.1, -0.05) is 44.0 Å². The fourth-order valence-corrected chi connectivity index (χ4v) is 6.64. The van der Waals surface area contributed by atoms with Gasteiger partial charge in [-0.25, -0.2) is 0 Å². The Balaban J connectivity index is 1.36. The number of carbonyl (C=O) groups excluding carboxylic acids is 4. The van der Waals surface area contributed by atoms with E-state index in [0.717, 1.165) is 17.4 Å². The predicted octanol–water partition coefficient (Wildman–Crippen LogP) is 2.10. The fraction of sp³-hybridized carbons (Fsp3) is 0.474. The van der Waals surface area contributed by atoms with Crippen LogP contribution in [0.5, 0.6) is 0 Å². The molecule has 6 atom stereocenters. The van der Waals surface area contributed by atoms with Gasteiger partial charge in [0.05, 0.1) is 16.8 Å². The third-order valence-electron chi connectivity index (χ3n) is 6.11. The molecule has 2 saturated carbocycles. The molecule has 11 heteroatoms. The molecule has 0 N–H and O–H groups in total. The summed E-state index contributed by atoms with van der Waals surface area (Å²) in [6.07, 6.45) is 0.786. The number of ketones is 1. The highest BCUT2D eigenvalue weighted by molar-refractivity contribution is 9.12. The lowest BCUT2D eigenvalue weighted by Gasteiger charge is -2.28. The van der Waals surface area contributed by atoms with Crippen molar-refractivity contribution in [2.24, 2.45) is 23.7 Å². The van der Waals surface area contributed by atoms with Crippen LogP contribution in [-0.2, 0) is 19.1 Å². The van der Waals surface area contributed by atoms with Crippen LogP contribution in [0, 0.1) is 33.8 Å². The molecule has 1 saturated heterocycles. The van der Waals surface area contributed by atoms with Gasteiger partial charge < -0.3 is 4.74 Å². The first-order valence-corrected chi connectivity index (χ1v) is 11.1. The first kappa shape index (κ1) is 21.1. The number of non-ortho nitro benzene ring substituents is 1. The van der Waals surface area contributed by atoms with Crippen LogP contribution in [-0.4, -0.2) is 56.2 Å². The van der Waals surface area contributed by atoms with E-state index in [1.165, 1.54) is 18.2 Å². The molecule has 3 fully saturated rings.